The van der Waals surface area contributed by atoms with Crippen molar-refractivity contribution in [2.75, 3.05) is 5.73 Å². The molecule has 3 rings (SSSR count). The molecule has 29 heavy (non-hydrogen) atoms. The van der Waals surface area contributed by atoms with Gasteiger partial charge in [-0.3, -0.25) is 14.2 Å². The summed E-state index contributed by atoms with van der Waals surface area (Å²) < 4.78 is 19.2. The number of aromatic nitrogens is 4. The van der Waals surface area contributed by atoms with Gasteiger partial charge in [0.1, 0.15) is 11.6 Å². The summed E-state index contributed by atoms with van der Waals surface area (Å²) in [5.41, 5.74) is 5.67. The van der Waals surface area contributed by atoms with E-state index in [1.165, 1.54) is 29.2 Å². The maximum atomic E-state index is 13.1. The summed E-state index contributed by atoms with van der Waals surface area (Å²) in [5, 5.41) is 0. The Bertz CT molecular complexity index is 1050. The molecule has 2 aromatic heterocycles. The first-order valence-electron chi connectivity index (χ1n) is 8.95. The summed E-state index contributed by atoms with van der Waals surface area (Å²) >= 11 is 0. The molecule has 2 aromatic rings. The van der Waals surface area contributed by atoms with Crippen LogP contribution in [0.2, 0.25) is 0 Å². The third-order valence-corrected chi connectivity index (χ3v) is 4.52. The standard InChI is InChI=1S/C18H21N5O6/c1-5-7-22-11-8-20-17(19)21-15(11)23(18(22)26)16-14(28-10(4)25)13(27-9(3)24)12(6-2)29-16/h1,8,12-14,16H,6-7H2,2-4H3,(H2,19,20,21)/t12-,13+,14-,16-/m1/s1. The zero-order valence-electron chi connectivity index (χ0n) is 16.2. The minimum absolute atomic E-state index is 0.0366. The third-order valence-electron chi connectivity index (χ3n) is 4.52. The van der Waals surface area contributed by atoms with Crippen molar-refractivity contribution in [2.24, 2.45) is 0 Å². The Morgan fingerprint density at radius 3 is 2.55 bits per heavy atom. The second-order valence-electron chi connectivity index (χ2n) is 6.50. The third kappa shape index (κ3) is 3.66. The van der Waals surface area contributed by atoms with E-state index in [-0.39, 0.29) is 18.1 Å². The predicted molar refractivity (Wildman–Crippen MR) is 100 cm³/mol. The molecule has 1 aliphatic rings. The van der Waals surface area contributed by atoms with Crippen LogP contribution in [0.3, 0.4) is 0 Å². The van der Waals surface area contributed by atoms with Gasteiger partial charge in [-0.1, -0.05) is 12.8 Å². The Kier molecular flexibility index (Phi) is 5.56. The van der Waals surface area contributed by atoms with Crippen LogP contribution in [0, 0.1) is 12.3 Å². The first-order chi connectivity index (χ1) is 13.8. The van der Waals surface area contributed by atoms with Crippen molar-refractivity contribution in [2.45, 2.75) is 58.3 Å². The highest BCUT2D eigenvalue weighted by Gasteiger charge is 2.50. The van der Waals surface area contributed by atoms with Crippen LogP contribution in [-0.4, -0.2) is 49.4 Å². The molecular formula is C18H21N5O6. The maximum Gasteiger partial charge on any atom is 0.333 e. The Morgan fingerprint density at radius 2 is 1.97 bits per heavy atom. The van der Waals surface area contributed by atoms with E-state index < -0.39 is 42.2 Å². The fourth-order valence-corrected chi connectivity index (χ4v) is 3.44. The zero-order valence-corrected chi connectivity index (χ0v) is 16.2. The average Bonchev–Trinajstić information content (AvgIpc) is 3.09. The van der Waals surface area contributed by atoms with Crippen LogP contribution in [0.1, 0.15) is 33.4 Å². The summed E-state index contributed by atoms with van der Waals surface area (Å²) in [7, 11) is 0. The fourth-order valence-electron chi connectivity index (χ4n) is 3.44. The minimum Gasteiger partial charge on any atom is -0.456 e. The van der Waals surface area contributed by atoms with E-state index in [4.69, 9.17) is 26.4 Å². The lowest BCUT2D eigenvalue weighted by Crippen LogP contribution is -2.40. The minimum atomic E-state index is -1.10. The zero-order chi connectivity index (χ0) is 21.3. The Hall–Kier alpha value is -3.39. The number of hydrogen-bond donors (Lipinski definition) is 1. The first-order valence-corrected chi connectivity index (χ1v) is 8.95. The van der Waals surface area contributed by atoms with Crippen molar-refractivity contribution in [1.29, 1.82) is 0 Å². The highest BCUT2D eigenvalue weighted by atomic mass is 16.6. The summed E-state index contributed by atoms with van der Waals surface area (Å²) in [6, 6.07) is 0. The number of hydrogen-bond acceptors (Lipinski definition) is 9. The van der Waals surface area contributed by atoms with Crippen molar-refractivity contribution in [3.05, 3.63) is 16.7 Å². The van der Waals surface area contributed by atoms with Crippen molar-refractivity contribution in [1.82, 2.24) is 19.1 Å². The molecule has 0 amide bonds. The highest BCUT2D eigenvalue weighted by molar-refractivity contribution is 5.72. The van der Waals surface area contributed by atoms with Gasteiger partial charge in [-0.15, -0.1) is 6.42 Å². The Morgan fingerprint density at radius 1 is 1.31 bits per heavy atom. The van der Waals surface area contributed by atoms with Crippen LogP contribution in [-0.2, 0) is 30.3 Å². The number of carbonyl (C=O) groups is 2. The number of carbonyl (C=O) groups excluding carboxylic acids is 2. The number of esters is 2. The molecule has 3 heterocycles. The topological polar surface area (TPSA) is 141 Å². The van der Waals surface area contributed by atoms with Gasteiger partial charge in [-0.25, -0.2) is 14.3 Å². The second-order valence-corrected chi connectivity index (χ2v) is 6.50. The lowest BCUT2D eigenvalue weighted by Gasteiger charge is -2.23. The highest BCUT2D eigenvalue weighted by Crippen LogP contribution is 2.36. The van der Waals surface area contributed by atoms with Gasteiger partial charge in [-0.05, 0) is 6.42 Å². The van der Waals surface area contributed by atoms with Crippen LogP contribution in [0.4, 0.5) is 5.95 Å². The molecule has 1 aliphatic heterocycles. The average molecular weight is 403 g/mol. The van der Waals surface area contributed by atoms with Crippen molar-refractivity contribution < 1.29 is 23.8 Å². The number of ether oxygens (including phenoxy) is 3. The molecule has 2 N–H and O–H groups in total. The summed E-state index contributed by atoms with van der Waals surface area (Å²) in [6.07, 6.45) is 3.53. The Balaban J connectivity index is 2.20. The van der Waals surface area contributed by atoms with Crippen molar-refractivity contribution in [3.63, 3.8) is 0 Å². The molecule has 11 heteroatoms. The van der Waals surface area contributed by atoms with Crippen molar-refractivity contribution >= 4 is 29.1 Å². The molecule has 4 atom stereocenters. The molecule has 11 nitrogen and oxygen atoms in total. The van der Waals surface area contributed by atoms with Crippen LogP contribution in [0.5, 0.6) is 0 Å². The lowest BCUT2D eigenvalue weighted by atomic mass is 10.1. The quantitative estimate of drug-likeness (QED) is 0.538. The van der Waals surface area contributed by atoms with Gasteiger partial charge in [0.15, 0.2) is 24.1 Å². The van der Waals surface area contributed by atoms with Gasteiger partial charge in [0.2, 0.25) is 5.95 Å². The van der Waals surface area contributed by atoms with Gasteiger partial charge in [0.25, 0.3) is 0 Å². The smallest absolute Gasteiger partial charge is 0.333 e. The molecule has 1 saturated heterocycles. The molecule has 0 unspecified atom stereocenters. The van der Waals surface area contributed by atoms with Gasteiger partial charge in [-0.2, -0.15) is 4.98 Å². The number of nitrogens with two attached hydrogens (primary N) is 1. The van der Waals surface area contributed by atoms with E-state index in [9.17, 15) is 14.4 Å². The van der Waals surface area contributed by atoms with Crippen LogP contribution >= 0.6 is 0 Å². The molecular weight excluding hydrogens is 382 g/mol. The molecule has 154 valence electrons. The first kappa shape index (κ1) is 20.3. The largest absolute Gasteiger partial charge is 0.456 e. The van der Waals surface area contributed by atoms with Gasteiger partial charge in [0.05, 0.1) is 12.7 Å². The number of terminal acetylenes is 1. The second kappa shape index (κ2) is 7.92. The molecule has 0 aliphatic carbocycles. The molecule has 0 bridgehead atoms. The fraction of sp³-hybridized carbons (Fsp3) is 0.500. The normalized spacial score (nSPS) is 23.7. The Labute approximate surface area is 165 Å². The van der Waals surface area contributed by atoms with Crippen molar-refractivity contribution in [3.8, 4) is 12.3 Å². The van der Waals surface area contributed by atoms with E-state index in [2.05, 4.69) is 15.9 Å². The predicted octanol–water partition coefficient (Wildman–Crippen LogP) is -0.0208. The van der Waals surface area contributed by atoms with Gasteiger partial charge < -0.3 is 19.9 Å². The number of anilines is 1. The number of nitrogen functional groups attached to an aromatic ring is 1. The monoisotopic (exact) mass is 403 g/mol. The van der Waals surface area contributed by atoms with E-state index >= 15 is 0 Å². The summed E-state index contributed by atoms with van der Waals surface area (Å²) in [5.74, 6) is 1.16. The van der Waals surface area contributed by atoms with Crippen LogP contribution in [0.25, 0.3) is 11.2 Å². The number of imidazole rings is 1. The molecule has 1 fully saturated rings. The number of fused-ring (bicyclic) bond motifs is 1. The molecule has 0 radical (unpaired) electrons. The summed E-state index contributed by atoms with van der Waals surface area (Å²) in [6.45, 7) is 4.24. The SMILES string of the molecule is C#CCn1c(=O)n([C@@H]2O[C@H](CC)[C@H](OC(C)=O)[C@H]2OC(C)=O)c2nc(N)ncc21. The molecule has 0 saturated carbocycles. The van der Waals surface area contributed by atoms with Gasteiger partial charge >= 0.3 is 17.6 Å². The van der Waals surface area contributed by atoms with E-state index in [1.54, 1.807) is 0 Å². The summed E-state index contributed by atoms with van der Waals surface area (Å²) in [4.78, 5) is 44.5. The van der Waals surface area contributed by atoms with E-state index in [1.807, 2.05) is 6.92 Å². The molecule has 0 spiro atoms. The molecule has 0 aromatic carbocycles. The maximum absolute atomic E-state index is 13.1. The van der Waals surface area contributed by atoms with Crippen LogP contribution < -0.4 is 11.4 Å². The van der Waals surface area contributed by atoms with E-state index in [0.29, 0.717) is 11.9 Å². The van der Waals surface area contributed by atoms with Gasteiger partial charge in [0, 0.05) is 13.8 Å². The number of nitrogens with zero attached hydrogens (tertiary/aromatic N) is 4. The van der Waals surface area contributed by atoms with Crippen LogP contribution in [0.15, 0.2) is 11.0 Å². The van der Waals surface area contributed by atoms with E-state index in [0.717, 1.165) is 0 Å². The number of rotatable bonds is 5. The lowest BCUT2D eigenvalue weighted by molar-refractivity contribution is -0.165.